The number of amides is 2. The van der Waals surface area contributed by atoms with Crippen LogP contribution >= 0.6 is 0 Å². The zero-order valence-corrected chi connectivity index (χ0v) is 14.4. The van der Waals surface area contributed by atoms with Gasteiger partial charge in [-0.2, -0.15) is 5.11 Å². The molecule has 0 radical (unpaired) electrons. The van der Waals surface area contributed by atoms with Crippen LogP contribution in [0.4, 0.5) is 15.8 Å². The molecule has 0 aliphatic carbocycles. The Morgan fingerprint density at radius 2 is 1.73 bits per heavy atom. The molecular weight excluding hydrogens is 335 g/mol. The van der Waals surface area contributed by atoms with Gasteiger partial charge in [-0.3, -0.25) is 9.59 Å². The molecule has 0 bridgehead atoms. The van der Waals surface area contributed by atoms with Crippen molar-refractivity contribution in [1.82, 2.24) is 0 Å². The maximum Gasteiger partial charge on any atom is 0.263 e. The minimum atomic E-state index is -0.905. The largest absolute Gasteiger partial charge is 0.271 e. The van der Waals surface area contributed by atoms with Gasteiger partial charge in [-0.05, 0) is 48.7 Å². The summed E-state index contributed by atoms with van der Waals surface area (Å²) >= 11 is 0. The van der Waals surface area contributed by atoms with E-state index in [1.54, 1.807) is 31.2 Å². The van der Waals surface area contributed by atoms with Crippen LogP contribution in [0.1, 0.15) is 18.1 Å². The zero-order valence-electron chi connectivity index (χ0n) is 14.4. The Balaban J connectivity index is 1.67. The Bertz CT molecular complexity index is 926. The van der Waals surface area contributed by atoms with Crippen molar-refractivity contribution in [2.24, 2.45) is 10.3 Å². The third-order valence-electron chi connectivity index (χ3n) is 4.80. The standard InChI is InChI=1S/C19H17FN4O2/c1-3-12-5-8-13(9-6-12)23-18(25)16-17(19(23)26)24(22-21-16)14-7-4-11(2)15(20)10-14/h4-10,16-17H,3H2,1-2H3/t16-,17+/m1/s1. The van der Waals surface area contributed by atoms with E-state index < -0.39 is 29.7 Å². The monoisotopic (exact) mass is 352 g/mol. The Kier molecular flexibility index (Phi) is 3.79. The third-order valence-corrected chi connectivity index (χ3v) is 4.80. The summed E-state index contributed by atoms with van der Waals surface area (Å²) in [5, 5.41) is 9.23. The lowest BCUT2D eigenvalue weighted by atomic mass is 10.1. The third kappa shape index (κ3) is 2.39. The van der Waals surface area contributed by atoms with Gasteiger partial charge in [0.15, 0.2) is 12.1 Å². The van der Waals surface area contributed by atoms with Crippen LogP contribution in [0.5, 0.6) is 0 Å². The van der Waals surface area contributed by atoms with Crippen molar-refractivity contribution in [3.63, 3.8) is 0 Å². The van der Waals surface area contributed by atoms with E-state index in [-0.39, 0.29) is 0 Å². The molecule has 6 nitrogen and oxygen atoms in total. The molecule has 0 aromatic heterocycles. The molecule has 4 rings (SSSR count). The molecule has 0 spiro atoms. The molecule has 1 fully saturated rings. The maximum atomic E-state index is 13.9. The van der Waals surface area contributed by atoms with Gasteiger partial charge in [0.1, 0.15) is 5.82 Å². The summed E-state index contributed by atoms with van der Waals surface area (Å²) in [5.41, 5.74) is 2.52. The second kappa shape index (κ2) is 6.01. The Labute approximate surface area is 149 Å². The van der Waals surface area contributed by atoms with E-state index in [1.807, 2.05) is 19.1 Å². The minimum absolute atomic E-state index is 0.397. The topological polar surface area (TPSA) is 65.3 Å². The van der Waals surface area contributed by atoms with Crippen LogP contribution in [0.15, 0.2) is 52.8 Å². The first-order valence-corrected chi connectivity index (χ1v) is 8.44. The van der Waals surface area contributed by atoms with Crippen molar-refractivity contribution in [2.75, 3.05) is 9.91 Å². The summed E-state index contributed by atoms with van der Waals surface area (Å²) in [5.74, 6) is -1.22. The predicted octanol–water partition coefficient (Wildman–Crippen LogP) is 3.19. The van der Waals surface area contributed by atoms with Crippen molar-refractivity contribution in [1.29, 1.82) is 0 Å². The lowest BCUT2D eigenvalue weighted by molar-refractivity contribution is -0.121. The van der Waals surface area contributed by atoms with E-state index in [1.165, 1.54) is 11.1 Å². The molecule has 0 N–H and O–H groups in total. The highest BCUT2D eigenvalue weighted by atomic mass is 19.1. The quantitative estimate of drug-likeness (QED) is 0.797. The summed E-state index contributed by atoms with van der Waals surface area (Å²) in [6.45, 7) is 3.68. The number of rotatable bonds is 3. The van der Waals surface area contributed by atoms with Crippen LogP contribution in [0, 0.1) is 12.7 Å². The van der Waals surface area contributed by atoms with Crippen LogP contribution in [0.3, 0.4) is 0 Å². The van der Waals surface area contributed by atoms with E-state index in [4.69, 9.17) is 0 Å². The fraction of sp³-hybridized carbons (Fsp3) is 0.263. The summed E-state index contributed by atoms with van der Waals surface area (Å²) in [4.78, 5) is 26.8. The number of benzene rings is 2. The second-order valence-corrected chi connectivity index (χ2v) is 6.40. The number of anilines is 2. The molecule has 2 aliphatic rings. The number of halogens is 1. The number of imide groups is 1. The highest BCUT2D eigenvalue weighted by Gasteiger charge is 2.55. The van der Waals surface area contributed by atoms with Crippen molar-refractivity contribution < 1.29 is 14.0 Å². The summed E-state index contributed by atoms with van der Waals surface area (Å²) in [6, 6.07) is 10.1. The van der Waals surface area contributed by atoms with Gasteiger partial charge in [0.05, 0.1) is 11.4 Å². The highest BCUT2D eigenvalue weighted by Crippen LogP contribution is 2.35. The first-order chi connectivity index (χ1) is 12.5. The fourth-order valence-electron chi connectivity index (χ4n) is 3.23. The average molecular weight is 352 g/mol. The predicted molar refractivity (Wildman–Crippen MR) is 94.4 cm³/mol. The smallest absolute Gasteiger partial charge is 0.263 e. The van der Waals surface area contributed by atoms with Crippen LogP contribution in [0.2, 0.25) is 0 Å². The molecule has 0 saturated carbocycles. The number of carbonyl (C=O) groups is 2. The Morgan fingerprint density at radius 1 is 1.04 bits per heavy atom. The highest BCUT2D eigenvalue weighted by molar-refractivity contribution is 6.26. The molecule has 2 heterocycles. The van der Waals surface area contributed by atoms with Gasteiger partial charge in [0.2, 0.25) is 0 Å². The second-order valence-electron chi connectivity index (χ2n) is 6.40. The molecule has 132 valence electrons. The minimum Gasteiger partial charge on any atom is -0.271 e. The normalized spacial score (nSPS) is 21.7. The molecule has 7 heteroatoms. The number of hydrogen-bond donors (Lipinski definition) is 0. The summed E-state index contributed by atoms with van der Waals surface area (Å²) in [6.07, 6.45) is 0.869. The molecule has 26 heavy (non-hydrogen) atoms. The molecule has 0 unspecified atom stereocenters. The van der Waals surface area contributed by atoms with Gasteiger partial charge in [0, 0.05) is 0 Å². The molecule has 2 amide bonds. The lowest BCUT2D eigenvalue weighted by Crippen LogP contribution is -2.40. The summed E-state index contributed by atoms with van der Waals surface area (Å²) in [7, 11) is 0. The van der Waals surface area contributed by atoms with E-state index in [2.05, 4.69) is 10.3 Å². The van der Waals surface area contributed by atoms with Crippen LogP contribution in [-0.4, -0.2) is 23.9 Å². The molecule has 2 aliphatic heterocycles. The van der Waals surface area contributed by atoms with E-state index in [9.17, 15) is 14.0 Å². The van der Waals surface area contributed by atoms with Gasteiger partial charge in [0.25, 0.3) is 11.8 Å². The fourth-order valence-corrected chi connectivity index (χ4v) is 3.23. The van der Waals surface area contributed by atoms with Crippen molar-refractivity contribution in [2.45, 2.75) is 32.4 Å². The van der Waals surface area contributed by atoms with E-state index in [0.29, 0.717) is 16.9 Å². The molecule has 2 aromatic carbocycles. The van der Waals surface area contributed by atoms with Crippen molar-refractivity contribution in [3.05, 3.63) is 59.4 Å². The molecule has 1 saturated heterocycles. The van der Waals surface area contributed by atoms with Crippen molar-refractivity contribution >= 4 is 23.2 Å². The maximum absolute atomic E-state index is 13.9. The Hall–Kier alpha value is -3.09. The number of aryl methyl sites for hydroxylation is 2. The molecular formula is C19H17FN4O2. The number of hydrogen-bond acceptors (Lipinski definition) is 5. The zero-order chi connectivity index (χ0) is 18.4. The van der Waals surface area contributed by atoms with Crippen molar-refractivity contribution in [3.8, 4) is 0 Å². The summed E-state index contributed by atoms with van der Waals surface area (Å²) < 4.78 is 13.9. The molecule has 2 atom stereocenters. The number of nitrogens with zero attached hydrogens (tertiary/aromatic N) is 4. The first kappa shape index (κ1) is 16.4. The Morgan fingerprint density at radius 3 is 2.38 bits per heavy atom. The van der Waals surface area contributed by atoms with Gasteiger partial charge >= 0.3 is 0 Å². The van der Waals surface area contributed by atoms with Crippen LogP contribution in [-0.2, 0) is 16.0 Å². The van der Waals surface area contributed by atoms with Gasteiger partial charge in [-0.15, -0.1) is 0 Å². The number of carbonyl (C=O) groups excluding carboxylic acids is 2. The average Bonchev–Trinajstić information content (AvgIpc) is 3.18. The van der Waals surface area contributed by atoms with E-state index >= 15 is 0 Å². The first-order valence-electron chi connectivity index (χ1n) is 8.44. The molecule has 2 aromatic rings. The van der Waals surface area contributed by atoms with Crippen LogP contribution < -0.4 is 9.91 Å². The SMILES string of the molecule is CCc1ccc(N2C(=O)[C@@H]3[C@@H](N=NN3c3ccc(C)c(F)c3)C2=O)cc1. The number of fused-ring (bicyclic) bond motifs is 1. The van der Waals surface area contributed by atoms with E-state index in [0.717, 1.165) is 16.9 Å². The lowest BCUT2D eigenvalue weighted by Gasteiger charge is -2.21. The van der Waals surface area contributed by atoms with Gasteiger partial charge < -0.3 is 0 Å². The van der Waals surface area contributed by atoms with Crippen LogP contribution in [0.25, 0.3) is 0 Å². The van der Waals surface area contributed by atoms with Gasteiger partial charge in [-0.1, -0.05) is 30.3 Å². The van der Waals surface area contributed by atoms with Gasteiger partial charge in [-0.25, -0.2) is 14.3 Å².